The third-order valence-corrected chi connectivity index (χ3v) is 2.67. The minimum atomic E-state index is 0.0112. The third kappa shape index (κ3) is 1.58. The molecule has 86 valence electrons. The highest BCUT2D eigenvalue weighted by molar-refractivity contribution is 6.01. The van der Waals surface area contributed by atoms with Crippen molar-refractivity contribution in [2.75, 3.05) is 23.3 Å². The van der Waals surface area contributed by atoms with Gasteiger partial charge in [0.15, 0.2) is 5.82 Å². The van der Waals surface area contributed by atoms with E-state index >= 15 is 0 Å². The highest BCUT2D eigenvalue weighted by atomic mass is 16.2. The van der Waals surface area contributed by atoms with Crippen LogP contribution in [0.15, 0.2) is 12.7 Å². The first-order valence-corrected chi connectivity index (χ1v) is 5.39. The van der Waals surface area contributed by atoms with Crippen molar-refractivity contribution < 1.29 is 4.79 Å². The van der Waals surface area contributed by atoms with Crippen LogP contribution >= 0.6 is 0 Å². The molecule has 0 spiro atoms. The van der Waals surface area contributed by atoms with E-state index in [0.29, 0.717) is 13.1 Å². The summed E-state index contributed by atoms with van der Waals surface area (Å²) in [5, 5.41) is 7.29. The number of hydrogen-bond donors (Lipinski definition) is 1. The first-order valence-electron chi connectivity index (χ1n) is 5.39. The first kappa shape index (κ1) is 10.7. The predicted octanol–water partition coefficient (Wildman–Crippen LogP) is 0.927. The van der Waals surface area contributed by atoms with Crippen LogP contribution in [0.4, 0.5) is 11.5 Å². The topological polar surface area (TPSA) is 50.2 Å². The maximum atomic E-state index is 11.6. The van der Waals surface area contributed by atoms with Crippen molar-refractivity contribution in [3.63, 3.8) is 0 Å². The van der Waals surface area contributed by atoms with Crippen molar-refractivity contribution in [1.29, 1.82) is 0 Å². The molecular formula is C11H16N4O. The standard InChI is InChI=1S/C11H16N4O/c1-4-6-15-7-9(16)12-10-8(5-2)13-14(3)11(10)15/h4H,1,5-7H2,2-3H3,(H,12,16). The average Bonchev–Trinajstić information content (AvgIpc) is 2.55. The van der Waals surface area contributed by atoms with E-state index in [-0.39, 0.29) is 5.91 Å². The zero-order chi connectivity index (χ0) is 11.7. The molecule has 0 bridgehead atoms. The summed E-state index contributed by atoms with van der Waals surface area (Å²) >= 11 is 0. The lowest BCUT2D eigenvalue weighted by atomic mass is 10.2. The number of aryl methyl sites for hydroxylation is 2. The number of carbonyl (C=O) groups is 1. The van der Waals surface area contributed by atoms with E-state index in [4.69, 9.17) is 0 Å². The van der Waals surface area contributed by atoms with Crippen molar-refractivity contribution >= 4 is 17.4 Å². The minimum absolute atomic E-state index is 0.0112. The summed E-state index contributed by atoms with van der Waals surface area (Å²) in [7, 11) is 1.89. The van der Waals surface area contributed by atoms with Gasteiger partial charge in [-0.25, -0.2) is 0 Å². The fourth-order valence-electron chi connectivity index (χ4n) is 2.04. The van der Waals surface area contributed by atoms with E-state index in [1.54, 1.807) is 6.08 Å². The maximum Gasteiger partial charge on any atom is 0.244 e. The Hall–Kier alpha value is -1.78. The lowest BCUT2D eigenvalue weighted by Gasteiger charge is -2.28. The van der Waals surface area contributed by atoms with Gasteiger partial charge in [0, 0.05) is 13.6 Å². The molecule has 1 aliphatic rings. The Labute approximate surface area is 94.7 Å². The Morgan fingerprint density at radius 3 is 3.00 bits per heavy atom. The molecule has 2 heterocycles. The van der Waals surface area contributed by atoms with Gasteiger partial charge in [-0.3, -0.25) is 9.48 Å². The number of fused-ring (bicyclic) bond motifs is 1. The van der Waals surface area contributed by atoms with E-state index in [1.165, 1.54) is 0 Å². The highest BCUT2D eigenvalue weighted by Gasteiger charge is 2.27. The summed E-state index contributed by atoms with van der Waals surface area (Å²) in [4.78, 5) is 13.5. The second-order valence-electron chi connectivity index (χ2n) is 3.84. The number of aromatic nitrogens is 2. The Kier molecular flexibility index (Phi) is 2.68. The van der Waals surface area contributed by atoms with Crippen molar-refractivity contribution in [3.05, 3.63) is 18.3 Å². The quantitative estimate of drug-likeness (QED) is 0.771. The SMILES string of the molecule is C=CCN1CC(=O)Nc2c(CC)nn(C)c21. The fraction of sp³-hybridized carbons (Fsp3) is 0.455. The first-order chi connectivity index (χ1) is 7.67. The van der Waals surface area contributed by atoms with Gasteiger partial charge >= 0.3 is 0 Å². The van der Waals surface area contributed by atoms with Crippen LogP contribution in [0.5, 0.6) is 0 Å². The zero-order valence-electron chi connectivity index (χ0n) is 9.66. The van der Waals surface area contributed by atoms with E-state index < -0.39 is 0 Å². The van der Waals surface area contributed by atoms with Gasteiger partial charge in [0.2, 0.25) is 5.91 Å². The zero-order valence-corrected chi connectivity index (χ0v) is 9.66. The summed E-state index contributed by atoms with van der Waals surface area (Å²) in [6.07, 6.45) is 2.60. The van der Waals surface area contributed by atoms with E-state index in [9.17, 15) is 4.79 Å². The molecule has 1 N–H and O–H groups in total. The molecule has 0 aromatic carbocycles. The van der Waals surface area contributed by atoms with E-state index in [0.717, 1.165) is 23.6 Å². The molecule has 16 heavy (non-hydrogen) atoms. The van der Waals surface area contributed by atoms with Gasteiger partial charge in [-0.1, -0.05) is 13.0 Å². The van der Waals surface area contributed by atoms with Crippen LogP contribution in [0, 0.1) is 0 Å². The van der Waals surface area contributed by atoms with Crippen LogP contribution in [-0.2, 0) is 18.3 Å². The Morgan fingerprint density at radius 2 is 2.38 bits per heavy atom. The van der Waals surface area contributed by atoms with Crippen LogP contribution in [0.2, 0.25) is 0 Å². The van der Waals surface area contributed by atoms with Crippen LogP contribution in [0.25, 0.3) is 0 Å². The van der Waals surface area contributed by atoms with Crippen LogP contribution in [0.3, 0.4) is 0 Å². The number of nitrogens with one attached hydrogen (secondary N) is 1. The smallest absolute Gasteiger partial charge is 0.244 e. The Balaban J connectivity index is 2.48. The third-order valence-electron chi connectivity index (χ3n) is 2.67. The van der Waals surface area contributed by atoms with Gasteiger partial charge < -0.3 is 10.2 Å². The molecule has 5 nitrogen and oxygen atoms in total. The van der Waals surface area contributed by atoms with Gasteiger partial charge in [-0.15, -0.1) is 6.58 Å². The molecule has 0 saturated carbocycles. The fourth-order valence-corrected chi connectivity index (χ4v) is 2.04. The molecule has 1 aliphatic heterocycles. The highest BCUT2D eigenvalue weighted by Crippen LogP contribution is 2.32. The summed E-state index contributed by atoms with van der Waals surface area (Å²) in [6, 6.07) is 0. The largest absolute Gasteiger partial charge is 0.342 e. The number of nitrogens with zero attached hydrogens (tertiary/aromatic N) is 3. The minimum Gasteiger partial charge on any atom is -0.342 e. The van der Waals surface area contributed by atoms with Gasteiger partial charge in [-0.05, 0) is 6.42 Å². The number of carbonyl (C=O) groups excluding carboxylic acids is 1. The lowest BCUT2D eigenvalue weighted by molar-refractivity contribution is -0.115. The molecule has 0 atom stereocenters. The molecule has 1 amide bonds. The molecule has 0 fully saturated rings. The molecule has 0 saturated heterocycles. The second-order valence-corrected chi connectivity index (χ2v) is 3.84. The van der Waals surface area contributed by atoms with Gasteiger partial charge in [-0.2, -0.15) is 5.10 Å². The molecule has 5 heteroatoms. The Bertz CT molecular complexity index is 435. The molecule has 0 unspecified atom stereocenters. The molecule has 1 aromatic rings. The number of anilines is 2. The van der Waals surface area contributed by atoms with Gasteiger partial charge in [0.05, 0.1) is 12.2 Å². The van der Waals surface area contributed by atoms with E-state index in [1.807, 2.05) is 23.6 Å². The second kappa shape index (κ2) is 4.00. The molecule has 0 aliphatic carbocycles. The summed E-state index contributed by atoms with van der Waals surface area (Å²) in [6.45, 7) is 6.75. The van der Waals surface area contributed by atoms with Gasteiger partial charge in [0.1, 0.15) is 5.69 Å². The Morgan fingerprint density at radius 1 is 1.62 bits per heavy atom. The molecular weight excluding hydrogens is 204 g/mol. The number of rotatable bonds is 3. The number of amides is 1. The normalized spacial score (nSPS) is 14.6. The molecule has 0 radical (unpaired) electrons. The average molecular weight is 220 g/mol. The maximum absolute atomic E-state index is 11.6. The monoisotopic (exact) mass is 220 g/mol. The summed E-state index contributed by atoms with van der Waals surface area (Å²) in [5.41, 5.74) is 1.78. The molecule has 1 aromatic heterocycles. The predicted molar refractivity (Wildman–Crippen MR) is 63.6 cm³/mol. The van der Waals surface area contributed by atoms with Crippen LogP contribution in [0.1, 0.15) is 12.6 Å². The van der Waals surface area contributed by atoms with E-state index in [2.05, 4.69) is 17.0 Å². The van der Waals surface area contributed by atoms with Crippen LogP contribution < -0.4 is 10.2 Å². The van der Waals surface area contributed by atoms with Crippen molar-refractivity contribution in [3.8, 4) is 0 Å². The molecule has 2 rings (SSSR count). The van der Waals surface area contributed by atoms with Crippen molar-refractivity contribution in [1.82, 2.24) is 9.78 Å². The summed E-state index contributed by atoms with van der Waals surface area (Å²) < 4.78 is 1.82. The van der Waals surface area contributed by atoms with Crippen molar-refractivity contribution in [2.45, 2.75) is 13.3 Å². The van der Waals surface area contributed by atoms with Crippen LogP contribution in [-0.4, -0.2) is 28.8 Å². The van der Waals surface area contributed by atoms with Gasteiger partial charge in [0.25, 0.3) is 0 Å². The lowest BCUT2D eigenvalue weighted by Crippen LogP contribution is -2.39. The number of hydrogen-bond acceptors (Lipinski definition) is 3. The van der Waals surface area contributed by atoms with Crippen molar-refractivity contribution in [2.24, 2.45) is 7.05 Å². The summed E-state index contributed by atoms with van der Waals surface area (Å²) in [5.74, 6) is 0.980.